The Labute approximate surface area is 477 Å². The standard InChI is InChI=1S/C68H123N2O6P/c1-6-8-10-12-14-16-18-20-22-23-24-25-26-27-28-29-30-31-32-33-34-35-36-37-38-39-40-41-42-43-44-45-46-47-48-50-52-54-56-58-60-62-68(72)69-66(65-76-77(73,74)75-64-63-70(3,4)5)67(71)61-59-57-55-53-51-49-21-19-17-15-13-11-9-7-2/h8,10,14,16,20,22,24-25,27-28,30-31,51,53,59,61,66-67,71H,6-7,9,11-13,15,17-19,21,23,26,29,32-50,52,54-58,60,62-65H2,1-5H3,(H-,69,72,73,74)/p+1/b10-8-,16-14-,22-20-,25-24-,28-27-,31-30-,53-51+,61-59+. The van der Waals surface area contributed by atoms with Crippen LogP contribution in [0.4, 0.5) is 0 Å². The molecule has 0 aromatic rings. The molecule has 0 fully saturated rings. The van der Waals surface area contributed by atoms with E-state index in [4.69, 9.17) is 9.05 Å². The second-order valence-corrected chi connectivity index (χ2v) is 24.2. The lowest BCUT2D eigenvalue weighted by Gasteiger charge is -2.25. The van der Waals surface area contributed by atoms with Crippen LogP contribution in [-0.4, -0.2) is 73.4 Å². The first-order valence-electron chi connectivity index (χ1n) is 32.1. The van der Waals surface area contributed by atoms with Crippen molar-refractivity contribution >= 4 is 13.7 Å². The molecule has 0 spiro atoms. The molecule has 0 aromatic heterocycles. The van der Waals surface area contributed by atoms with Gasteiger partial charge in [-0.05, 0) is 83.5 Å². The highest BCUT2D eigenvalue weighted by atomic mass is 31.2. The highest BCUT2D eigenvalue weighted by Gasteiger charge is 2.27. The first kappa shape index (κ1) is 74.4. The average Bonchev–Trinajstić information content (AvgIpc) is 3.39. The third kappa shape index (κ3) is 60.9. The summed E-state index contributed by atoms with van der Waals surface area (Å²) in [5.74, 6) is -0.186. The van der Waals surface area contributed by atoms with Crippen LogP contribution in [0.3, 0.4) is 0 Å². The van der Waals surface area contributed by atoms with Gasteiger partial charge in [-0.15, -0.1) is 0 Å². The summed E-state index contributed by atoms with van der Waals surface area (Å²) in [7, 11) is 1.56. The van der Waals surface area contributed by atoms with Crippen LogP contribution in [0.1, 0.15) is 277 Å². The van der Waals surface area contributed by atoms with E-state index >= 15 is 0 Å². The second kappa shape index (κ2) is 58.1. The number of hydrogen-bond acceptors (Lipinski definition) is 5. The Morgan fingerprint density at radius 2 is 0.792 bits per heavy atom. The summed E-state index contributed by atoms with van der Waals surface area (Å²) in [5, 5.41) is 13.9. The molecule has 8 nitrogen and oxygen atoms in total. The number of nitrogens with zero attached hydrogens (tertiary/aromatic N) is 1. The molecule has 3 unspecified atom stereocenters. The van der Waals surface area contributed by atoms with Crippen molar-refractivity contribution in [3.63, 3.8) is 0 Å². The van der Waals surface area contributed by atoms with Crippen LogP contribution in [0.5, 0.6) is 0 Å². The van der Waals surface area contributed by atoms with Crippen molar-refractivity contribution in [2.45, 2.75) is 289 Å². The topological polar surface area (TPSA) is 105 Å². The number of nitrogens with one attached hydrogen (secondary N) is 1. The maximum absolute atomic E-state index is 13.0. The average molecular weight is 1100 g/mol. The van der Waals surface area contributed by atoms with Gasteiger partial charge in [0.2, 0.25) is 5.91 Å². The molecule has 0 saturated carbocycles. The first-order valence-corrected chi connectivity index (χ1v) is 33.6. The maximum Gasteiger partial charge on any atom is 0.472 e. The Morgan fingerprint density at radius 1 is 0.455 bits per heavy atom. The maximum atomic E-state index is 13.0. The minimum Gasteiger partial charge on any atom is -0.387 e. The molecule has 3 atom stereocenters. The summed E-state index contributed by atoms with van der Waals surface area (Å²) >= 11 is 0. The molecule has 446 valence electrons. The number of carbonyl (C=O) groups is 1. The molecule has 0 aromatic carbocycles. The number of carbonyl (C=O) groups excluding carboxylic acids is 1. The molecular weight excluding hydrogens is 972 g/mol. The lowest BCUT2D eigenvalue weighted by Crippen LogP contribution is -2.45. The number of likely N-dealkylation sites (N-methyl/N-ethyl adjacent to an activating group) is 1. The summed E-state index contributed by atoms with van der Waals surface area (Å²) in [5.41, 5.74) is 0. The van der Waals surface area contributed by atoms with Crippen molar-refractivity contribution in [1.82, 2.24) is 5.32 Å². The smallest absolute Gasteiger partial charge is 0.387 e. The fourth-order valence-corrected chi connectivity index (χ4v) is 9.80. The van der Waals surface area contributed by atoms with Crippen molar-refractivity contribution in [3.05, 3.63) is 97.2 Å². The van der Waals surface area contributed by atoms with Crippen molar-refractivity contribution in [2.75, 3.05) is 40.9 Å². The van der Waals surface area contributed by atoms with Crippen LogP contribution in [-0.2, 0) is 18.4 Å². The third-order valence-electron chi connectivity index (χ3n) is 14.0. The van der Waals surface area contributed by atoms with E-state index in [0.717, 1.165) is 77.0 Å². The number of phosphoric acid groups is 1. The molecular formula is C68H124N2O6P+. The first-order chi connectivity index (χ1) is 37.5. The zero-order valence-corrected chi connectivity index (χ0v) is 51.8. The fourth-order valence-electron chi connectivity index (χ4n) is 9.06. The minimum absolute atomic E-state index is 0.0549. The number of unbranched alkanes of at least 4 members (excludes halogenated alkanes) is 31. The molecule has 0 heterocycles. The summed E-state index contributed by atoms with van der Waals surface area (Å²) < 4.78 is 23.7. The van der Waals surface area contributed by atoms with Crippen LogP contribution < -0.4 is 5.32 Å². The van der Waals surface area contributed by atoms with Gasteiger partial charge in [-0.25, -0.2) is 4.57 Å². The Kier molecular flexibility index (Phi) is 56.1. The van der Waals surface area contributed by atoms with Gasteiger partial charge in [-0.2, -0.15) is 0 Å². The van der Waals surface area contributed by atoms with Gasteiger partial charge >= 0.3 is 7.82 Å². The summed E-state index contributed by atoms with van der Waals surface area (Å²) in [6.07, 6.45) is 84.1. The number of amides is 1. The van der Waals surface area contributed by atoms with Crippen LogP contribution in [0.2, 0.25) is 0 Å². The van der Waals surface area contributed by atoms with E-state index in [9.17, 15) is 19.4 Å². The normalized spacial score (nSPS) is 14.4. The van der Waals surface area contributed by atoms with Gasteiger partial charge in [0.05, 0.1) is 39.9 Å². The molecule has 0 rings (SSSR count). The number of aliphatic hydroxyl groups excluding tert-OH is 1. The van der Waals surface area contributed by atoms with Gasteiger partial charge in [0.25, 0.3) is 0 Å². The van der Waals surface area contributed by atoms with E-state index in [0.29, 0.717) is 17.4 Å². The number of aliphatic hydroxyl groups is 1. The second-order valence-electron chi connectivity index (χ2n) is 22.7. The SMILES string of the molecule is CC/C=C\C/C=C\C/C=C\C/C=C\C/C=C\C/C=C\CCCCCCCCCCCCCCCCCCCCCCCCC(=O)NC(COP(=O)(O)OCC[N+](C)(C)C)C(O)/C=C/CC/C=C/CCCCCCCCCC. The molecule has 77 heavy (non-hydrogen) atoms. The largest absolute Gasteiger partial charge is 0.472 e. The van der Waals surface area contributed by atoms with Gasteiger partial charge in [0.15, 0.2) is 0 Å². The molecule has 9 heteroatoms. The summed E-state index contributed by atoms with van der Waals surface area (Å²) in [4.78, 5) is 23.3. The molecule has 3 N–H and O–H groups in total. The van der Waals surface area contributed by atoms with Gasteiger partial charge < -0.3 is 19.8 Å². The molecule has 1 amide bonds. The number of rotatable bonds is 58. The highest BCUT2D eigenvalue weighted by Crippen LogP contribution is 2.43. The van der Waals surface area contributed by atoms with Crippen LogP contribution in [0.25, 0.3) is 0 Å². The Balaban J connectivity index is 3.93. The monoisotopic (exact) mass is 1100 g/mol. The summed E-state index contributed by atoms with van der Waals surface area (Å²) in [6.45, 7) is 4.68. The Morgan fingerprint density at radius 3 is 1.19 bits per heavy atom. The van der Waals surface area contributed by atoms with E-state index in [1.807, 2.05) is 27.2 Å². The minimum atomic E-state index is -4.36. The lowest BCUT2D eigenvalue weighted by molar-refractivity contribution is -0.870. The molecule has 0 aliphatic heterocycles. The predicted molar refractivity (Wildman–Crippen MR) is 336 cm³/mol. The fraction of sp³-hybridized carbons (Fsp3) is 0.750. The van der Waals surface area contributed by atoms with E-state index < -0.39 is 20.0 Å². The third-order valence-corrected chi connectivity index (χ3v) is 15.0. The van der Waals surface area contributed by atoms with Gasteiger partial charge in [-0.1, -0.05) is 284 Å². The van der Waals surface area contributed by atoms with Crippen molar-refractivity contribution in [1.29, 1.82) is 0 Å². The van der Waals surface area contributed by atoms with E-state index in [2.05, 4.69) is 104 Å². The molecule has 0 radical (unpaired) electrons. The highest BCUT2D eigenvalue weighted by molar-refractivity contribution is 7.47. The number of quaternary nitrogens is 1. The zero-order chi connectivity index (χ0) is 56.3. The molecule has 0 bridgehead atoms. The summed E-state index contributed by atoms with van der Waals surface area (Å²) in [6, 6.07) is -0.865. The van der Waals surface area contributed by atoms with Gasteiger partial charge in [0, 0.05) is 6.42 Å². The van der Waals surface area contributed by atoms with Gasteiger partial charge in [-0.3, -0.25) is 13.8 Å². The van der Waals surface area contributed by atoms with Crippen molar-refractivity contribution < 1.29 is 32.9 Å². The predicted octanol–water partition coefficient (Wildman–Crippen LogP) is 20.2. The Bertz CT molecular complexity index is 1570. The molecule has 0 aliphatic rings. The molecule has 0 aliphatic carbocycles. The molecule has 0 saturated heterocycles. The van der Waals surface area contributed by atoms with Crippen molar-refractivity contribution in [3.8, 4) is 0 Å². The van der Waals surface area contributed by atoms with E-state index in [1.165, 1.54) is 180 Å². The van der Waals surface area contributed by atoms with Crippen LogP contribution in [0.15, 0.2) is 97.2 Å². The van der Waals surface area contributed by atoms with Crippen LogP contribution in [0, 0.1) is 0 Å². The van der Waals surface area contributed by atoms with E-state index in [-0.39, 0.29) is 19.1 Å². The number of phosphoric ester groups is 1. The van der Waals surface area contributed by atoms with Gasteiger partial charge in [0.1, 0.15) is 13.2 Å². The quantitative estimate of drug-likeness (QED) is 0.0243. The lowest BCUT2D eigenvalue weighted by atomic mass is 10.0. The Hall–Kier alpha value is -2.58. The number of hydrogen-bond donors (Lipinski definition) is 3. The van der Waals surface area contributed by atoms with Crippen LogP contribution >= 0.6 is 7.82 Å². The number of allylic oxidation sites excluding steroid dienone is 15. The zero-order valence-electron chi connectivity index (χ0n) is 50.9. The van der Waals surface area contributed by atoms with Crippen molar-refractivity contribution in [2.24, 2.45) is 0 Å². The van der Waals surface area contributed by atoms with E-state index in [1.54, 1.807) is 6.08 Å².